The van der Waals surface area contributed by atoms with Crippen molar-refractivity contribution in [2.75, 3.05) is 41.3 Å². The summed E-state index contributed by atoms with van der Waals surface area (Å²) in [7, 11) is 0. The van der Waals surface area contributed by atoms with Crippen molar-refractivity contribution in [3.63, 3.8) is 0 Å². The van der Waals surface area contributed by atoms with Crippen LogP contribution in [-0.4, -0.2) is 41.3 Å². The van der Waals surface area contributed by atoms with Gasteiger partial charge in [-0.3, -0.25) is 0 Å². The van der Waals surface area contributed by atoms with Gasteiger partial charge in [0.1, 0.15) is 29.5 Å². The highest BCUT2D eigenvalue weighted by Gasteiger charge is 2.20. The molecular formula is C18H19FN6O. The Bertz CT molecular complexity index is 891. The van der Waals surface area contributed by atoms with Crippen LogP contribution in [0, 0.1) is 12.7 Å². The smallest absolute Gasteiger partial charge is 0.175 e. The Morgan fingerprint density at radius 1 is 1.00 bits per heavy atom. The van der Waals surface area contributed by atoms with E-state index in [1.807, 2.05) is 25.1 Å². The molecule has 1 aliphatic heterocycles. The van der Waals surface area contributed by atoms with Gasteiger partial charge in [-0.2, -0.15) is 0 Å². The molecule has 1 aliphatic rings. The Kier molecular flexibility index (Phi) is 4.39. The molecule has 7 nitrogen and oxygen atoms in total. The number of benzene rings is 1. The predicted molar refractivity (Wildman–Crippen MR) is 97.4 cm³/mol. The Balaban J connectivity index is 1.43. The number of nitrogens with one attached hydrogen (secondary N) is 1. The second kappa shape index (κ2) is 6.99. The van der Waals surface area contributed by atoms with Crippen molar-refractivity contribution in [3.05, 3.63) is 54.3 Å². The Morgan fingerprint density at radius 3 is 2.50 bits per heavy atom. The number of aromatic nitrogens is 3. The molecule has 0 unspecified atom stereocenters. The minimum atomic E-state index is -0.183. The molecule has 1 fully saturated rings. The summed E-state index contributed by atoms with van der Waals surface area (Å²) in [6.45, 7) is 4.81. The molecule has 3 aromatic rings. The third-order valence-corrected chi connectivity index (χ3v) is 4.33. The first-order chi connectivity index (χ1) is 12.7. The highest BCUT2D eigenvalue weighted by atomic mass is 19.1. The van der Waals surface area contributed by atoms with Gasteiger partial charge in [-0.15, -0.1) is 0 Å². The second-order valence-corrected chi connectivity index (χ2v) is 6.13. The molecule has 0 radical (unpaired) electrons. The molecule has 1 N–H and O–H groups in total. The monoisotopic (exact) mass is 354 g/mol. The number of halogens is 1. The van der Waals surface area contributed by atoms with Gasteiger partial charge in [0.15, 0.2) is 5.82 Å². The predicted octanol–water partition coefficient (Wildman–Crippen LogP) is 2.98. The molecule has 26 heavy (non-hydrogen) atoms. The van der Waals surface area contributed by atoms with Crippen LogP contribution in [0.1, 0.15) is 5.76 Å². The molecule has 0 saturated carbocycles. The van der Waals surface area contributed by atoms with E-state index in [1.54, 1.807) is 12.1 Å². The molecule has 0 atom stereocenters. The summed E-state index contributed by atoms with van der Waals surface area (Å²) in [5.41, 5.74) is 0.651. The number of anilines is 4. The van der Waals surface area contributed by atoms with Gasteiger partial charge in [0.25, 0.3) is 0 Å². The molecule has 134 valence electrons. The van der Waals surface area contributed by atoms with Crippen molar-refractivity contribution in [2.24, 2.45) is 0 Å². The molecule has 2 aromatic heterocycles. The third kappa shape index (κ3) is 3.44. The van der Waals surface area contributed by atoms with Crippen LogP contribution in [0.4, 0.5) is 27.5 Å². The zero-order valence-electron chi connectivity index (χ0n) is 14.4. The van der Waals surface area contributed by atoms with E-state index in [0.717, 1.165) is 37.8 Å². The van der Waals surface area contributed by atoms with Gasteiger partial charge in [-0.25, -0.2) is 14.4 Å². The van der Waals surface area contributed by atoms with E-state index in [-0.39, 0.29) is 5.82 Å². The zero-order valence-corrected chi connectivity index (χ0v) is 14.4. The molecule has 8 heteroatoms. The lowest BCUT2D eigenvalue weighted by Crippen LogP contribution is -2.47. The van der Waals surface area contributed by atoms with Crippen LogP contribution in [0.3, 0.4) is 0 Å². The molecule has 0 bridgehead atoms. The van der Waals surface area contributed by atoms with Crippen molar-refractivity contribution in [1.29, 1.82) is 0 Å². The maximum absolute atomic E-state index is 14.0. The Hall–Kier alpha value is -3.16. The van der Waals surface area contributed by atoms with Crippen LogP contribution in [0.5, 0.6) is 0 Å². The fourth-order valence-electron chi connectivity index (χ4n) is 3.03. The summed E-state index contributed by atoms with van der Waals surface area (Å²) >= 11 is 0. The molecule has 1 saturated heterocycles. The maximum Gasteiger partial charge on any atom is 0.175 e. The lowest BCUT2D eigenvalue weighted by atomic mass is 10.2. The summed E-state index contributed by atoms with van der Waals surface area (Å²) in [6, 6.07) is 10.6. The number of aryl methyl sites for hydroxylation is 1. The SMILES string of the molecule is Cc1cc(Nc2cc(N3CCN(c4ccccc4F)CC3)ncn2)no1. The highest BCUT2D eigenvalue weighted by molar-refractivity contribution is 5.57. The second-order valence-electron chi connectivity index (χ2n) is 6.13. The molecule has 3 heterocycles. The fraction of sp³-hybridized carbons (Fsp3) is 0.278. The number of piperazine rings is 1. The van der Waals surface area contributed by atoms with Crippen molar-refractivity contribution in [3.8, 4) is 0 Å². The minimum absolute atomic E-state index is 0.183. The molecule has 4 rings (SSSR count). The van der Waals surface area contributed by atoms with Gasteiger partial charge < -0.3 is 19.6 Å². The van der Waals surface area contributed by atoms with E-state index in [0.29, 0.717) is 17.3 Å². The zero-order chi connectivity index (χ0) is 17.9. The molecule has 0 spiro atoms. The van der Waals surface area contributed by atoms with Gasteiger partial charge in [0, 0.05) is 38.3 Å². The summed E-state index contributed by atoms with van der Waals surface area (Å²) in [5.74, 6) is 2.63. The van der Waals surface area contributed by atoms with Crippen LogP contribution in [-0.2, 0) is 0 Å². The van der Waals surface area contributed by atoms with E-state index in [1.165, 1.54) is 12.4 Å². The van der Waals surface area contributed by atoms with Crippen LogP contribution >= 0.6 is 0 Å². The van der Waals surface area contributed by atoms with Crippen molar-refractivity contribution < 1.29 is 8.91 Å². The Morgan fingerprint density at radius 2 is 1.77 bits per heavy atom. The summed E-state index contributed by atoms with van der Waals surface area (Å²) < 4.78 is 19.0. The average Bonchev–Trinajstić information content (AvgIpc) is 3.07. The van der Waals surface area contributed by atoms with E-state index < -0.39 is 0 Å². The topological polar surface area (TPSA) is 70.3 Å². The van der Waals surface area contributed by atoms with Gasteiger partial charge in [0.2, 0.25) is 0 Å². The quantitative estimate of drug-likeness (QED) is 0.772. The van der Waals surface area contributed by atoms with E-state index in [2.05, 4.69) is 30.2 Å². The van der Waals surface area contributed by atoms with Gasteiger partial charge in [-0.1, -0.05) is 17.3 Å². The maximum atomic E-state index is 14.0. The van der Waals surface area contributed by atoms with Gasteiger partial charge >= 0.3 is 0 Å². The highest BCUT2D eigenvalue weighted by Crippen LogP contribution is 2.23. The first-order valence-corrected chi connectivity index (χ1v) is 8.46. The van der Waals surface area contributed by atoms with E-state index in [4.69, 9.17) is 4.52 Å². The van der Waals surface area contributed by atoms with Crippen LogP contribution in [0.2, 0.25) is 0 Å². The molecule has 0 amide bonds. The number of rotatable bonds is 4. The van der Waals surface area contributed by atoms with Crippen LogP contribution < -0.4 is 15.1 Å². The number of hydrogen-bond donors (Lipinski definition) is 1. The van der Waals surface area contributed by atoms with Gasteiger partial charge in [-0.05, 0) is 19.1 Å². The standard InChI is InChI=1S/C18H19FN6O/c1-13-10-17(23-26-13)22-16-11-18(21-12-20-16)25-8-6-24(7-9-25)15-5-3-2-4-14(15)19/h2-5,10-12H,6-9H2,1H3,(H,20,21,22,23). The largest absolute Gasteiger partial charge is 0.366 e. The first kappa shape index (κ1) is 16.3. The summed E-state index contributed by atoms with van der Waals surface area (Å²) in [5, 5.41) is 7.01. The molecule has 1 aromatic carbocycles. The van der Waals surface area contributed by atoms with Crippen LogP contribution in [0.15, 0.2) is 47.2 Å². The lowest BCUT2D eigenvalue weighted by Gasteiger charge is -2.36. The lowest BCUT2D eigenvalue weighted by molar-refractivity contribution is 0.400. The Labute approximate surface area is 150 Å². The van der Waals surface area contributed by atoms with E-state index >= 15 is 0 Å². The van der Waals surface area contributed by atoms with E-state index in [9.17, 15) is 4.39 Å². The minimum Gasteiger partial charge on any atom is -0.366 e. The third-order valence-electron chi connectivity index (χ3n) is 4.33. The fourth-order valence-corrected chi connectivity index (χ4v) is 3.03. The summed E-state index contributed by atoms with van der Waals surface area (Å²) in [4.78, 5) is 12.8. The normalized spacial score (nSPS) is 14.5. The van der Waals surface area contributed by atoms with Crippen LogP contribution in [0.25, 0.3) is 0 Å². The van der Waals surface area contributed by atoms with Gasteiger partial charge in [0.05, 0.1) is 5.69 Å². The number of nitrogens with zero attached hydrogens (tertiary/aromatic N) is 5. The average molecular weight is 354 g/mol. The van der Waals surface area contributed by atoms with Crippen molar-refractivity contribution >= 4 is 23.1 Å². The van der Waals surface area contributed by atoms with Crippen molar-refractivity contribution in [2.45, 2.75) is 6.92 Å². The first-order valence-electron chi connectivity index (χ1n) is 8.46. The van der Waals surface area contributed by atoms with Crippen molar-refractivity contribution in [1.82, 2.24) is 15.1 Å². The number of para-hydroxylation sites is 1. The molecule has 0 aliphatic carbocycles. The molecular weight excluding hydrogens is 335 g/mol. The summed E-state index contributed by atoms with van der Waals surface area (Å²) in [6.07, 6.45) is 1.52. The number of hydrogen-bond acceptors (Lipinski definition) is 7.